The van der Waals surface area contributed by atoms with Gasteiger partial charge in [-0.2, -0.15) is 0 Å². The Bertz CT molecular complexity index is 491. The maximum atomic E-state index is 5.58. The zero-order chi connectivity index (χ0) is 12.8. The Labute approximate surface area is 109 Å². The van der Waals surface area contributed by atoms with Crippen LogP contribution in [-0.2, 0) is 6.54 Å². The van der Waals surface area contributed by atoms with Crippen LogP contribution < -0.4 is 5.73 Å². The molecule has 18 heavy (non-hydrogen) atoms. The van der Waals surface area contributed by atoms with Crippen molar-refractivity contribution in [1.82, 2.24) is 9.88 Å². The lowest BCUT2D eigenvalue weighted by atomic mass is 10.1. The highest BCUT2D eigenvalue weighted by Gasteiger charge is 2.06. The van der Waals surface area contributed by atoms with Crippen molar-refractivity contribution in [3.05, 3.63) is 42.1 Å². The van der Waals surface area contributed by atoms with Gasteiger partial charge in [0, 0.05) is 18.1 Å². The van der Waals surface area contributed by atoms with Gasteiger partial charge in [-0.15, -0.1) is 0 Å². The van der Waals surface area contributed by atoms with E-state index in [0.29, 0.717) is 0 Å². The third-order valence-corrected chi connectivity index (χ3v) is 3.26. The van der Waals surface area contributed by atoms with Crippen LogP contribution in [0.2, 0.25) is 0 Å². The van der Waals surface area contributed by atoms with E-state index in [9.17, 15) is 0 Å². The molecule has 0 spiro atoms. The zero-order valence-corrected chi connectivity index (χ0v) is 11.0. The van der Waals surface area contributed by atoms with Crippen molar-refractivity contribution in [3.63, 3.8) is 0 Å². The Morgan fingerprint density at radius 2 is 2.06 bits per heavy atom. The summed E-state index contributed by atoms with van der Waals surface area (Å²) < 4.78 is 0. The average molecular weight is 243 g/mol. The zero-order valence-electron chi connectivity index (χ0n) is 11.0. The lowest BCUT2D eigenvalue weighted by Gasteiger charge is -2.20. The molecule has 2 aromatic rings. The predicted octanol–water partition coefficient (Wildman–Crippen LogP) is 2.41. The van der Waals surface area contributed by atoms with Crippen LogP contribution in [0, 0.1) is 0 Å². The third-order valence-electron chi connectivity index (χ3n) is 3.26. The predicted molar refractivity (Wildman–Crippen MR) is 76.4 cm³/mol. The monoisotopic (exact) mass is 243 g/mol. The summed E-state index contributed by atoms with van der Waals surface area (Å²) in [5, 5.41) is 1.26. The van der Waals surface area contributed by atoms with Gasteiger partial charge in [-0.25, -0.2) is 0 Å². The van der Waals surface area contributed by atoms with Gasteiger partial charge in [0.1, 0.15) is 0 Å². The van der Waals surface area contributed by atoms with E-state index < -0.39 is 0 Å². The van der Waals surface area contributed by atoms with E-state index in [1.807, 2.05) is 12.3 Å². The summed E-state index contributed by atoms with van der Waals surface area (Å²) in [6.07, 6.45) is 2.95. The van der Waals surface area contributed by atoms with E-state index >= 15 is 0 Å². The molecule has 1 heterocycles. The van der Waals surface area contributed by atoms with Crippen LogP contribution in [-0.4, -0.2) is 29.5 Å². The second-order valence-corrected chi connectivity index (χ2v) is 4.50. The highest BCUT2D eigenvalue weighted by Crippen LogP contribution is 2.17. The van der Waals surface area contributed by atoms with Crippen LogP contribution in [0.25, 0.3) is 10.9 Å². The van der Waals surface area contributed by atoms with Crippen LogP contribution >= 0.6 is 0 Å². The van der Waals surface area contributed by atoms with Gasteiger partial charge in [-0.3, -0.25) is 9.88 Å². The van der Waals surface area contributed by atoms with E-state index in [1.165, 1.54) is 10.9 Å². The van der Waals surface area contributed by atoms with E-state index in [-0.39, 0.29) is 0 Å². The fraction of sp³-hybridized carbons (Fsp3) is 0.400. The summed E-state index contributed by atoms with van der Waals surface area (Å²) in [5.74, 6) is 0. The van der Waals surface area contributed by atoms with Gasteiger partial charge in [0.25, 0.3) is 0 Å². The van der Waals surface area contributed by atoms with Crippen molar-refractivity contribution in [2.75, 3.05) is 19.6 Å². The van der Waals surface area contributed by atoms with Crippen molar-refractivity contribution >= 4 is 10.9 Å². The van der Waals surface area contributed by atoms with Gasteiger partial charge in [-0.1, -0.05) is 25.1 Å². The molecule has 0 atom stereocenters. The molecule has 0 saturated heterocycles. The molecule has 2 rings (SSSR count). The average Bonchev–Trinajstić information content (AvgIpc) is 2.43. The molecular weight excluding hydrogens is 222 g/mol. The molecule has 96 valence electrons. The largest absolute Gasteiger partial charge is 0.330 e. The molecule has 3 nitrogen and oxygen atoms in total. The highest BCUT2D eigenvalue weighted by atomic mass is 15.1. The molecule has 0 bridgehead atoms. The fourth-order valence-corrected chi connectivity index (χ4v) is 2.20. The number of rotatable bonds is 6. The van der Waals surface area contributed by atoms with E-state index in [0.717, 1.165) is 38.1 Å². The van der Waals surface area contributed by atoms with Crippen LogP contribution in [0.5, 0.6) is 0 Å². The SMILES string of the molecule is CCN(CCCN)Cc1ccnc2ccccc12. The van der Waals surface area contributed by atoms with Crippen LogP contribution in [0.1, 0.15) is 18.9 Å². The first kappa shape index (κ1) is 13.0. The molecule has 0 fully saturated rings. The Morgan fingerprint density at radius 3 is 2.83 bits per heavy atom. The first-order valence-electron chi connectivity index (χ1n) is 6.60. The first-order chi connectivity index (χ1) is 8.85. The van der Waals surface area contributed by atoms with Gasteiger partial charge >= 0.3 is 0 Å². The fourth-order valence-electron chi connectivity index (χ4n) is 2.20. The lowest BCUT2D eigenvalue weighted by Crippen LogP contribution is -2.25. The normalized spacial score (nSPS) is 11.3. The molecule has 2 N–H and O–H groups in total. The van der Waals surface area contributed by atoms with E-state index in [4.69, 9.17) is 5.73 Å². The highest BCUT2D eigenvalue weighted by molar-refractivity contribution is 5.81. The van der Waals surface area contributed by atoms with Crippen LogP contribution in [0.4, 0.5) is 0 Å². The number of fused-ring (bicyclic) bond motifs is 1. The molecule has 1 aromatic heterocycles. The maximum absolute atomic E-state index is 5.58. The molecule has 0 aliphatic carbocycles. The van der Waals surface area contributed by atoms with E-state index in [2.05, 4.69) is 41.1 Å². The van der Waals surface area contributed by atoms with Gasteiger partial charge in [0.15, 0.2) is 0 Å². The number of aromatic nitrogens is 1. The van der Waals surface area contributed by atoms with Gasteiger partial charge < -0.3 is 5.73 Å². The number of hydrogen-bond acceptors (Lipinski definition) is 3. The Hall–Kier alpha value is -1.45. The minimum absolute atomic E-state index is 0.758. The molecular formula is C15H21N3. The van der Waals surface area contributed by atoms with E-state index in [1.54, 1.807) is 0 Å². The van der Waals surface area contributed by atoms with Crippen LogP contribution in [0.15, 0.2) is 36.5 Å². The topological polar surface area (TPSA) is 42.1 Å². The summed E-state index contributed by atoms with van der Waals surface area (Å²) in [6.45, 7) is 6.04. The number of hydrogen-bond donors (Lipinski definition) is 1. The minimum atomic E-state index is 0.758. The van der Waals surface area contributed by atoms with Crippen molar-refractivity contribution in [3.8, 4) is 0 Å². The summed E-state index contributed by atoms with van der Waals surface area (Å²) in [6, 6.07) is 10.4. The maximum Gasteiger partial charge on any atom is 0.0705 e. The molecule has 0 amide bonds. The van der Waals surface area contributed by atoms with Crippen molar-refractivity contribution < 1.29 is 0 Å². The number of nitrogens with zero attached hydrogens (tertiary/aromatic N) is 2. The van der Waals surface area contributed by atoms with Gasteiger partial charge in [0.05, 0.1) is 5.52 Å². The molecule has 0 aliphatic rings. The lowest BCUT2D eigenvalue weighted by molar-refractivity contribution is 0.279. The summed E-state index contributed by atoms with van der Waals surface area (Å²) in [4.78, 5) is 6.82. The Balaban J connectivity index is 2.19. The second-order valence-electron chi connectivity index (χ2n) is 4.50. The number of nitrogens with two attached hydrogens (primary N) is 1. The quantitative estimate of drug-likeness (QED) is 0.847. The van der Waals surface area contributed by atoms with Crippen molar-refractivity contribution in [1.29, 1.82) is 0 Å². The number of para-hydroxylation sites is 1. The second kappa shape index (κ2) is 6.47. The molecule has 0 aliphatic heterocycles. The van der Waals surface area contributed by atoms with Crippen molar-refractivity contribution in [2.45, 2.75) is 19.9 Å². The number of benzene rings is 1. The third kappa shape index (κ3) is 3.06. The number of pyridine rings is 1. The Kier molecular flexibility index (Phi) is 4.67. The Morgan fingerprint density at radius 1 is 1.22 bits per heavy atom. The summed E-state index contributed by atoms with van der Waals surface area (Å²) in [7, 11) is 0. The smallest absolute Gasteiger partial charge is 0.0705 e. The van der Waals surface area contributed by atoms with Crippen molar-refractivity contribution in [2.24, 2.45) is 5.73 Å². The molecule has 1 aromatic carbocycles. The summed E-state index contributed by atoms with van der Waals surface area (Å²) in [5.41, 5.74) is 8.00. The standard InChI is InChI=1S/C15H21N3/c1-2-18(11-5-9-16)12-13-8-10-17-15-7-4-3-6-14(13)15/h3-4,6-8,10H,2,5,9,11-12,16H2,1H3. The van der Waals surface area contributed by atoms with Gasteiger partial charge in [0.2, 0.25) is 0 Å². The van der Waals surface area contributed by atoms with Crippen LogP contribution in [0.3, 0.4) is 0 Å². The molecule has 0 unspecified atom stereocenters. The summed E-state index contributed by atoms with van der Waals surface area (Å²) >= 11 is 0. The molecule has 3 heteroatoms. The molecule has 0 radical (unpaired) electrons. The minimum Gasteiger partial charge on any atom is -0.330 e. The molecule has 0 saturated carbocycles. The van der Waals surface area contributed by atoms with Gasteiger partial charge in [-0.05, 0) is 43.8 Å². The first-order valence-corrected chi connectivity index (χ1v) is 6.60.